The first-order valence-corrected chi connectivity index (χ1v) is 9.93. The van der Waals surface area contributed by atoms with E-state index >= 15 is 0 Å². The van der Waals surface area contributed by atoms with Crippen molar-refractivity contribution in [1.29, 1.82) is 0 Å². The first kappa shape index (κ1) is 22.5. The highest BCUT2D eigenvalue weighted by molar-refractivity contribution is 14.0. The number of nitrogens with zero attached hydrogens (tertiary/aromatic N) is 5. The zero-order chi connectivity index (χ0) is 20.6. The summed E-state index contributed by atoms with van der Waals surface area (Å²) in [6.45, 7) is 1.47. The van der Waals surface area contributed by atoms with E-state index in [-0.39, 0.29) is 24.0 Å². The van der Waals surface area contributed by atoms with Crippen LogP contribution in [0.2, 0.25) is 0 Å². The molecule has 0 fully saturated rings. The number of aliphatic imine (C=N–C) groups is 1. The predicted octanol–water partition coefficient (Wildman–Crippen LogP) is 3.58. The van der Waals surface area contributed by atoms with Gasteiger partial charge < -0.3 is 15.2 Å². The van der Waals surface area contributed by atoms with E-state index in [2.05, 4.69) is 62.1 Å². The molecule has 0 aliphatic carbocycles. The highest BCUT2D eigenvalue weighted by Crippen LogP contribution is 2.13. The van der Waals surface area contributed by atoms with Crippen molar-refractivity contribution in [3.8, 4) is 11.4 Å². The summed E-state index contributed by atoms with van der Waals surface area (Å²) in [5.41, 5.74) is 4.60. The van der Waals surface area contributed by atoms with Crippen molar-refractivity contribution >= 4 is 29.9 Å². The van der Waals surface area contributed by atoms with Gasteiger partial charge in [-0.1, -0.05) is 30.3 Å². The zero-order valence-electron chi connectivity index (χ0n) is 17.3. The molecule has 0 aliphatic rings. The van der Waals surface area contributed by atoms with E-state index in [0.717, 1.165) is 30.3 Å². The van der Waals surface area contributed by atoms with E-state index in [1.807, 2.05) is 46.2 Å². The fourth-order valence-electron chi connectivity index (χ4n) is 3.28. The molecule has 2 aromatic heterocycles. The third-order valence-electron chi connectivity index (χ3n) is 4.86. The average Bonchev–Trinajstić information content (AvgIpc) is 3.51. The van der Waals surface area contributed by atoms with Crippen molar-refractivity contribution in [3.05, 3.63) is 96.8 Å². The third kappa shape index (κ3) is 5.94. The molecule has 7 nitrogen and oxygen atoms in total. The number of benzene rings is 2. The van der Waals surface area contributed by atoms with Crippen LogP contribution >= 0.6 is 24.0 Å². The van der Waals surface area contributed by atoms with Crippen LogP contribution in [0.5, 0.6) is 0 Å². The Bertz CT molecular complexity index is 1070. The number of hydrogen-bond acceptors (Lipinski definition) is 3. The molecule has 2 heterocycles. The Balaban J connectivity index is 0.00000272. The van der Waals surface area contributed by atoms with Gasteiger partial charge in [0.05, 0.1) is 17.7 Å². The molecule has 160 valence electrons. The van der Waals surface area contributed by atoms with E-state index < -0.39 is 0 Å². The largest absolute Gasteiger partial charge is 0.356 e. The summed E-state index contributed by atoms with van der Waals surface area (Å²) in [4.78, 5) is 8.48. The molecule has 0 radical (unpaired) electrons. The van der Waals surface area contributed by atoms with Crippen LogP contribution in [0, 0.1) is 0 Å². The molecule has 0 spiro atoms. The molecule has 0 aliphatic heterocycles. The van der Waals surface area contributed by atoms with Gasteiger partial charge in [-0.15, -0.1) is 24.0 Å². The number of para-hydroxylation sites is 1. The lowest BCUT2D eigenvalue weighted by atomic mass is 10.1. The maximum atomic E-state index is 4.34. The molecule has 2 N–H and O–H groups in total. The van der Waals surface area contributed by atoms with E-state index in [1.54, 1.807) is 19.4 Å². The minimum atomic E-state index is 0. The molecule has 0 saturated heterocycles. The molecule has 4 rings (SSSR count). The second-order valence-electron chi connectivity index (χ2n) is 6.82. The standard InChI is InChI=1S/C23H25N7.HI/c1-24-23(27-17-20-5-2-3-6-22(20)29-16-14-25-18-29)26-13-11-19-7-9-21(10-8-19)30-15-4-12-28-30;/h2-10,12,14-16,18H,11,13,17H2,1H3,(H2,24,26,27);1H. The lowest BCUT2D eigenvalue weighted by molar-refractivity contribution is 0.790. The summed E-state index contributed by atoms with van der Waals surface area (Å²) >= 11 is 0. The van der Waals surface area contributed by atoms with E-state index in [4.69, 9.17) is 0 Å². The van der Waals surface area contributed by atoms with Gasteiger partial charge in [0.15, 0.2) is 5.96 Å². The van der Waals surface area contributed by atoms with Crippen LogP contribution in [0.3, 0.4) is 0 Å². The van der Waals surface area contributed by atoms with E-state index in [0.29, 0.717) is 6.54 Å². The van der Waals surface area contributed by atoms with Crippen LogP contribution in [0.1, 0.15) is 11.1 Å². The van der Waals surface area contributed by atoms with Gasteiger partial charge in [0, 0.05) is 44.9 Å². The lowest BCUT2D eigenvalue weighted by Crippen LogP contribution is -2.38. The fraction of sp³-hybridized carbons (Fsp3) is 0.174. The number of nitrogens with one attached hydrogen (secondary N) is 2. The number of aromatic nitrogens is 4. The summed E-state index contributed by atoms with van der Waals surface area (Å²) < 4.78 is 3.87. The molecular weight excluding hydrogens is 501 g/mol. The summed E-state index contributed by atoms with van der Waals surface area (Å²) in [5.74, 6) is 0.781. The lowest BCUT2D eigenvalue weighted by Gasteiger charge is -2.14. The number of imidazole rings is 1. The first-order valence-electron chi connectivity index (χ1n) is 9.93. The monoisotopic (exact) mass is 527 g/mol. The van der Waals surface area contributed by atoms with Crippen LogP contribution in [0.15, 0.2) is 90.7 Å². The SMILES string of the molecule is CN=C(NCCc1ccc(-n2cccn2)cc1)NCc1ccccc1-n1ccnc1.I. The molecule has 31 heavy (non-hydrogen) atoms. The Kier molecular flexibility index (Phi) is 8.22. The Morgan fingerprint density at radius 3 is 2.52 bits per heavy atom. The minimum Gasteiger partial charge on any atom is -0.356 e. The van der Waals surface area contributed by atoms with E-state index in [9.17, 15) is 0 Å². The van der Waals surface area contributed by atoms with Crippen LogP contribution in [0.25, 0.3) is 11.4 Å². The van der Waals surface area contributed by atoms with Crippen LogP contribution in [0.4, 0.5) is 0 Å². The van der Waals surface area contributed by atoms with E-state index in [1.165, 1.54) is 11.1 Å². The van der Waals surface area contributed by atoms with Gasteiger partial charge in [-0.2, -0.15) is 5.10 Å². The molecule has 0 saturated carbocycles. The second-order valence-corrected chi connectivity index (χ2v) is 6.82. The molecule has 0 bridgehead atoms. The highest BCUT2D eigenvalue weighted by atomic mass is 127. The fourth-order valence-corrected chi connectivity index (χ4v) is 3.28. The average molecular weight is 527 g/mol. The number of guanidine groups is 1. The van der Waals surface area contributed by atoms with Gasteiger partial charge in [-0.3, -0.25) is 4.99 Å². The van der Waals surface area contributed by atoms with Gasteiger partial charge in [-0.25, -0.2) is 9.67 Å². The number of halogens is 1. The predicted molar refractivity (Wildman–Crippen MR) is 134 cm³/mol. The molecule has 8 heteroatoms. The van der Waals surface area contributed by atoms with Crippen molar-refractivity contribution in [2.75, 3.05) is 13.6 Å². The smallest absolute Gasteiger partial charge is 0.191 e. The Hall–Kier alpha value is -3.14. The molecule has 0 unspecified atom stereocenters. The van der Waals surface area contributed by atoms with Crippen LogP contribution in [-0.4, -0.2) is 38.9 Å². The quantitative estimate of drug-likeness (QED) is 0.219. The van der Waals surface area contributed by atoms with Crippen molar-refractivity contribution in [3.63, 3.8) is 0 Å². The normalized spacial score (nSPS) is 11.1. The van der Waals surface area contributed by atoms with Gasteiger partial charge >= 0.3 is 0 Å². The van der Waals surface area contributed by atoms with Crippen molar-refractivity contribution in [2.45, 2.75) is 13.0 Å². The topological polar surface area (TPSA) is 72.1 Å². The van der Waals surface area contributed by atoms with Crippen molar-refractivity contribution in [2.24, 2.45) is 4.99 Å². The summed E-state index contributed by atoms with van der Waals surface area (Å²) in [6, 6.07) is 18.6. The highest BCUT2D eigenvalue weighted by Gasteiger charge is 2.05. The Morgan fingerprint density at radius 2 is 1.81 bits per heavy atom. The molecule has 0 atom stereocenters. The molecular formula is C23H26IN7. The molecule has 4 aromatic rings. The Morgan fingerprint density at radius 1 is 0.968 bits per heavy atom. The second kappa shape index (κ2) is 11.3. The van der Waals surface area contributed by atoms with Crippen molar-refractivity contribution < 1.29 is 0 Å². The molecule has 0 amide bonds. The number of rotatable bonds is 7. The maximum absolute atomic E-state index is 4.34. The summed E-state index contributed by atoms with van der Waals surface area (Å²) in [5, 5.41) is 11.0. The molecule has 2 aromatic carbocycles. The van der Waals surface area contributed by atoms with Gasteiger partial charge in [0.1, 0.15) is 0 Å². The summed E-state index contributed by atoms with van der Waals surface area (Å²) in [6.07, 6.45) is 10.2. The Labute approximate surface area is 199 Å². The maximum Gasteiger partial charge on any atom is 0.191 e. The third-order valence-corrected chi connectivity index (χ3v) is 4.86. The van der Waals surface area contributed by atoms with Gasteiger partial charge in [0.2, 0.25) is 0 Å². The number of hydrogen-bond donors (Lipinski definition) is 2. The zero-order valence-corrected chi connectivity index (χ0v) is 19.7. The first-order chi connectivity index (χ1) is 14.8. The summed E-state index contributed by atoms with van der Waals surface area (Å²) in [7, 11) is 1.79. The minimum absolute atomic E-state index is 0. The van der Waals surface area contributed by atoms with Gasteiger partial charge in [-0.05, 0) is 41.8 Å². The van der Waals surface area contributed by atoms with Crippen LogP contribution < -0.4 is 10.6 Å². The van der Waals surface area contributed by atoms with Crippen LogP contribution in [-0.2, 0) is 13.0 Å². The van der Waals surface area contributed by atoms with Crippen molar-refractivity contribution in [1.82, 2.24) is 30.0 Å². The van der Waals surface area contributed by atoms with Gasteiger partial charge in [0.25, 0.3) is 0 Å².